The third-order valence-electron chi connectivity index (χ3n) is 2.52. The molecule has 6 heteroatoms. The van der Waals surface area contributed by atoms with Gasteiger partial charge in [0.2, 0.25) is 0 Å². The molecular weight excluding hydrogens is 296 g/mol. The van der Waals surface area contributed by atoms with Crippen LogP contribution < -0.4 is 5.32 Å². The van der Waals surface area contributed by atoms with E-state index in [0.29, 0.717) is 25.3 Å². The minimum absolute atomic E-state index is 0.279. The molecule has 1 amide bonds. The monoisotopic (exact) mass is 320 g/mol. The highest BCUT2D eigenvalue weighted by Crippen LogP contribution is 2.06. The van der Waals surface area contributed by atoms with E-state index in [1.54, 1.807) is 31.2 Å². The van der Waals surface area contributed by atoms with E-state index in [0.717, 1.165) is 0 Å². The smallest absolute Gasteiger partial charge is 0.407 e. The van der Waals surface area contributed by atoms with E-state index in [1.165, 1.54) is 0 Å². The summed E-state index contributed by atoms with van der Waals surface area (Å²) in [5.41, 5.74) is 0.436. The molecule has 1 aromatic heterocycles. The van der Waals surface area contributed by atoms with Gasteiger partial charge in [0.1, 0.15) is 11.3 Å². The molecule has 0 bridgehead atoms. The minimum Gasteiger partial charge on any atom is -0.461 e. The molecule has 0 fully saturated rings. The normalized spacial score (nSPS) is 11.3. The number of nitrogens with one attached hydrogen (secondary N) is 1. The number of carbonyl (C=O) groups is 2. The molecule has 0 atom stereocenters. The van der Waals surface area contributed by atoms with Crippen molar-refractivity contribution in [1.82, 2.24) is 10.3 Å². The molecule has 0 aliphatic carbocycles. The molecule has 1 heterocycles. The van der Waals surface area contributed by atoms with Crippen molar-refractivity contribution in [2.24, 2.45) is 0 Å². The van der Waals surface area contributed by atoms with Gasteiger partial charge < -0.3 is 14.8 Å². The lowest BCUT2D eigenvalue weighted by atomic mass is 10.2. The summed E-state index contributed by atoms with van der Waals surface area (Å²) in [6.45, 7) is 7.97. The van der Waals surface area contributed by atoms with E-state index in [2.05, 4.69) is 10.3 Å². The second-order valence-electron chi connectivity index (χ2n) is 5.79. The van der Waals surface area contributed by atoms with Crippen LogP contribution in [0.15, 0.2) is 24.3 Å². The molecule has 1 rings (SSSR count). The zero-order chi connectivity index (χ0) is 17.3. The maximum atomic E-state index is 11.6. The number of esters is 1. The molecule has 0 aromatic carbocycles. The molecule has 1 aromatic rings. The number of ether oxygens (including phenoxy) is 2. The van der Waals surface area contributed by atoms with Crippen LogP contribution in [0.5, 0.6) is 0 Å². The quantitative estimate of drug-likeness (QED) is 0.643. The Morgan fingerprint density at radius 2 is 2.04 bits per heavy atom. The predicted octanol–water partition coefficient (Wildman–Crippen LogP) is 3.19. The van der Waals surface area contributed by atoms with Gasteiger partial charge in [0.25, 0.3) is 0 Å². The standard InChI is InChI=1S/C17H24N2O4/c1-5-22-15(20)14-11-8-10-13(19-14)9-6-7-12-18-16(21)23-17(2,3)4/h6,8-11H,5,7,12H2,1-4H3,(H,18,21). The van der Waals surface area contributed by atoms with Crippen LogP contribution in [0.4, 0.5) is 4.79 Å². The van der Waals surface area contributed by atoms with Crippen LogP contribution in [-0.2, 0) is 9.47 Å². The highest BCUT2D eigenvalue weighted by Gasteiger charge is 2.15. The first-order valence-electron chi connectivity index (χ1n) is 7.59. The summed E-state index contributed by atoms with van der Waals surface area (Å²) in [6, 6.07) is 5.15. The molecule has 126 valence electrons. The van der Waals surface area contributed by atoms with Crippen molar-refractivity contribution in [1.29, 1.82) is 0 Å². The van der Waals surface area contributed by atoms with E-state index in [1.807, 2.05) is 26.8 Å². The van der Waals surface area contributed by atoms with Crippen LogP contribution in [0.25, 0.3) is 6.08 Å². The van der Waals surface area contributed by atoms with Crippen molar-refractivity contribution in [2.45, 2.75) is 39.7 Å². The van der Waals surface area contributed by atoms with Gasteiger partial charge in [-0.25, -0.2) is 14.6 Å². The third kappa shape index (κ3) is 7.99. The van der Waals surface area contributed by atoms with Crippen molar-refractivity contribution in [3.63, 3.8) is 0 Å². The van der Waals surface area contributed by atoms with Gasteiger partial charge in [0.05, 0.1) is 12.3 Å². The maximum Gasteiger partial charge on any atom is 0.407 e. The van der Waals surface area contributed by atoms with Crippen LogP contribution in [0.3, 0.4) is 0 Å². The number of hydrogen-bond acceptors (Lipinski definition) is 5. The molecule has 0 saturated carbocycles. The van der Waals surface area contributed by atoms with Gasteiger partial charge in [-0.1, -0.05) is 12.1 Å². The van der Waals surface area contributed by atoms with Gasteiger partial charge in [-0.2, -0.15) is 0 Å². The van der Waals surface area contributed by atoms with Crippen molar-refractivity contribution in [3.05, 3.63) is 35.7 Å². The number of alkyl carbamates (subject to hydrolysis) is 1. The van der Waals surface area contributed by atoms with Gasteiger partial charge >= 0.3 is 12.1 Å². The minimum atomic E-state index is -0.503. The highest BCUT2D eigenvalue weighted by molar-refractivity contribution is 5.87. The SMILES string of the molecule is CCOC(=O)c1cccc(C=CCCNC(=O)OC(C)(C)C)n1. The summed E-state index contributed by atoms with van der Waals surface area (Å²) >= 11 is 0. The van der Waals surface area contributed by atoms with E-state index in [4.69, 9.17) is 9.47 Å². The molecule has 0 unspecified atom stereocenters. The number of carbonyl (C=O) groups excluding carboxylic acids is 2. The first-order chi connectivity index (χ1) is 10.8. The van der Waals surface area contributed by atoms with E-state index in [9.17, 15) is 9.59 Å². The van der Waals surface area contributed by atoms with Gasteiger partial charge in [-0.3, -0.25) is 0 Å². The lowest BCUT2D eigenvalue weighted by molar-refractivity contribution is 0.0512. The third-order valence-corrected chi connectivity index (χ3v) is 2.52. The maximum absolute atomic E-state index is 11.6. The van der Waals surface area contributed by atoms with Gasteiger partial charge in [0.15, 0.2) is 0 Å². The predicted molar refractivity (Wildman–Crippen MR) is 88.1 cm³/mol. The number of nitrogens with zero attached hydrogens (tertiary/aromatic N) is 1. The molecule has 0 aliphatic rings. The zero-order valence-electron chi connectivity index (χ0n) is 14.1. The molecule has 23 heavy (non-hydrogen) atoms. The van der Waals surface area contributed by atoms with Crippen molar-refractivity contribution in [2.75, 3.05) is 13.2 Å². The molecule has 6 nitrogen and oxygen atoms in total. The number of rotatable bonds is 6. The Hall–Kier alpha value is -2.37. The fraction of sp³-hybridized carbons (Fsp3) is 0.471. The lowest BCUT2D eigenvalue weighted by Crippen LogP contribution is -2.32. The van der Waals surface area contributed by atoms with Crippen LogP contribution in [0.2, 0.25) is 0 Å². The average molecular weight is 320 g/mol. The molecule has 0 radical (unpaired) electrons. The summed E-state index contributed by atoms with van der Waals surface area (Å²) in [5.74, 6) is -0.436. The van der Waals surface area contributed by atoms with Crippen LogP contribution >= 0.6 is 0 Å². The van der Waals surface area contributed by atoms with E-state index >= 15 is 0 Å². The van der Waals surface area contributed by atoms with Gasteiger partial charge in [0, 0.05) is 6.54 Å². The van der Waals surface area contributed by atoms with Crippen molar-refractivity contribution < 1.29 is 19.1 Å². The van der Waals surface area contributed by atoms with Gasteiger partial charge in [-0.05, 0) is 52.3 Å². The molecular formula is C17H24N2O4. The highest BCUT2D eigenvalue weighted by atomic mass is 16.6. The Balaban J connectivity index is 2.42. The largest absolute Gasteiger partial charge is 0.461 e. The Morgan fingerprint density at radius 1 is 1.30 bits per heavy atom. The summed E-state index contributed by atoms with van der Waals surface area (Å²) < 4.78 is 10.0. The Bertz CT molecular complexity index is 562. The number of amides is 1. The van der Waals surface area contributed by atoms with E-state index in [-0.39, 0.29) is 5.69 Å². The lowest BCUT2D eigenvalue weighted by Gasteiger charge is -2.19. The number of hydrogen-bond donors (Lipinski definition) is 1. The summed E-state index contributed by atoms with van der Waals surface area (Å²) in [5, 5.41) is 2.66. The average Bonchev–Trinajstić information content (AvgIpc) is 2.45. The molecule has 0 spiro atoms. The summed E-state index contributed by atoms with van der Waals surface area (Å²) in [7, 11) is 0. The van der Waals surface area contributed by atoms with Crippen molar-refractivity contribution in [3.8, 4) is 0 Å². The topological polar surface area (TPSA) is 77.5 Å². The fourth-order valence-corrected chi connectivity index (χ4v) is 1.64. The number of pyridine rings is 1. The molecule has 0 saturated heterocycles. The van der Waals surface area contributed by atoms with Crippen LogP contribution in [-0.4, -0.2) is 35.8 Å². The Morgan fingerprint density at radius 3 is 2.70 bits per heavy atom. The zero-order valence-corrected chi connectivity index (χ0v) is 14.1. The van der Waals surface area contributed by atoms with Crippen LogP contribution in [0.1, 0.15) is 50.3 Å². The Labute approximate surface area is 136 Å². The van der Waals surface area contributed by atoms with Crippen LogP contribution in [0, 0.1) is 0 Å². The van der Waals surface area contributed by atoms with Gasteiger partial charge in [-0.15, -0.1) is 0 Å². The summed E-state index contributed by atoms with van der Waals surface area (Å²) in [6.07, 6.45) is 3.85. The van der Waals surface area contributed by atoms with Crippen molar-refractivity contribution >= 4 is 18.1 Å². The van der Waals surface area contributed by atoms with E-state index < -0.39 is 17.7 Å². The fourth-order valence-electron chi connectivity index (χ4n) is 1.64. The number of aromatic nitrogens is 1. The molecule has 0 aliphatic heterocycles. The Kier molecular flexibility index (Phi) is 7.25. The first kappa shape index (κ1) is 18.7. The molecule has 1 N–H and O–H groups in total. The second kappa shape index (κ2) is 8.92. The summed E-state index contributed by atoms with van der Waals surface area (Å²) in [4.78, 5) is 27.2. The first-order valence-corrected chi connectivity index (χ1v) is 7.59. The second-order valence-corrected chi connectivity index (χ2v) is 5.79.